The van der Waals surface area contributed by atoms with Gasteiger partial charge in [0.25, 0.3) is 0 Å². The first-order chi connectivity index (χ1) is 9.52. The summed E-state index contributed by atoms with van der Waals surface area (Å²) < 4.78 is 16.1. The summed E-state index contributed by atoms with van der Waals surface area (Å²) in [5.41, 5.74) is 3.04. The van der Waals surface area contributed by atoms with E-state index in [0.29, 0.717) is 13.1 Å². The molecule has 0 saturated carbocycles. The third-order valence-electron chi connectivity index (χ3n) is 3.06. The van der Waals surface area contributed by atoms with Crippen LogP contribution in [0, 0.1) is 12.7 Å². The van der Waals surface area contributed by atoms with E-state index < -0.39 is 5.82 Å². The lowest BCUT2D eigenvalue weighted by molar-refractivity contribution is 0.577. The summed E-state index contributed by atoms with van der Waals surface area (Å²) in [4.78, 5) is 0. The second-order valence-corrected chi connectivity index (χ2v) is 5.71. The van der Waals surface area contributed by atoms with Gasteiger partial charge >= 0.3 is 0 Å². The van der Waals surface area contributed by atoms with Crippen LogP contribution in [0.4, 0.5) is 4.39 Å². The summed E-state index contributed by atoms with van der Waals surface area (Å²) in [7, 11) is 0. The van der Waals surface area contributed by atoms with Crippen LogP contribution in [0.2, 0.25) is 5.02 Å². The lowest BCUT2D eigenvalue weighted by atomic mass is 10.2. The fraction of sp³-hybridized carbons (Fsp3) is 0.357. The summed E-state index contributed by atoms with van der Waals surface area (Å²) >= 11 is 9.32. The minimum Gasteiger partial charge on any atom is -0.307 e. The van der Waals surface area contributed by atoms with E-state index in [0.717, 1.165) is 28.0 Å². The lowest BCUT2D eigenvalue weighted by Gasteiger charge is -2.08. The van der Waals surface area contributed by atoms with E-state index in [1.54, 1.807) is 12.1 Å². The Kier molecular flexibility index (Phi) is 5.18. The molecule has 0 atom stereocenters. The molecular formula is C14H16BrClFN3. The third-order valence-corrected chi connectivity index (χ3v) is 4.38. The first-order valence-electron chi connectivity index (χ1n) is 6.39. The van der Waals surface area contributed by atoms with Crippen LogP contribution >= 0.6 is 27.5 Å². The van der Waals surface area contributed by atoms with E-state index in [-0.39, 0.29) is 5.02 Å². The van der Waals surface area contributed by atoms with Crippen molar-refractivity contribution in [3.8, 4) is 0 Å². The molecule has 20 heavy (non-hydrogen) atoms. The zero-order chi connectivity index (χ0) is 14.7. The van der Waals surface area contributed by atoms with Crippen molar-refractivity contribution < 1.29 is 4.39 Å². The maximum Gasteiger partial charge on any atom is 0.141 e. The van der Waals surface area contributed by atoms with E-state index in [9.17, 15) is 4.39 Å². The normalized spacial score (nSPS) is 11.1. The highest BCUT2D eigenvalue weighted by molar-refractivity contribution is 9.10. The van der Waals surface area contributed by atoms with E-state index in [1.165, 1.54) is 6.07 Å². The van der Waals surface area contributed by atoms with Crippen molar-refractivity contribution in [2.75, 3.05) is 0 Å². The number of nitrogens with zero attached hydrogens (tertiary/aromatic N) is 2. The molecule has 108 valence electrons. The van der Waals surface area contributed by atoms with Gasteiger partial charge in [-0.2, -0.15) is 5.10 Å². The van der Waals surface area contributed by atoms with Crippen LogP contribution in [-0.4, -0.2) is 9.78 Å². The number of rotatable bonds is 5. The molecule has 0 radical (unpaired) electrons. The number of benzene rings is 1. The second kappa shape index (κ2) is 6.70. The van der Waals surface area contributed by atoms with Crippen molar-refractivity contribution in [2.24, 2.45) is 0 Å². The van der Waals surface area contributed by atoms with Gasteiger partial charge in [-0.1, -0.05) is 17.7 Å². The predicted molar refractivity (Wildman–Crippen MR) is 82.3 cm³/mol. The van der Waals surface area contributed by atoms with E-state index in [4.69, 9.17) is 11.6 Å². The Morgan fingerprint density at radius 1 is 1.40 bits per heavy atom. The van der Waals surface area contributed by atoms with Gasteiger partial charge in [0.2, 0.25) is 0 Å². The summed E-state index contributed by atoms with van der Waals surface area (Å²) in [6.07, 6.45) is 0. The van der Waals surface area contributed by atoms with Gasteiger partial charge in [0, 0.05) is 19.6 Å². The molecular weight excluding hydrogens is 345 g/mol. The first kappa shape index (κ1) is 15.5. The standard InChI is InChI=1S/C14H16BrClFN3/c1-3-20-13(14(15)9(2)19-20)8-18-7-10-4-5-12(17)11(16)6-10/h4-6,18H,3,7-8H2,1-2H3. The van der Waals surface area contributed by atoms with Crippen molar-refractivity contribution >= 4 is 27.5 Å². The van der Waals surface area contributed by atoms with Crippen molar-refractivity contribution in [3.05, 3.63) is 50.5 Å². The Morgan fingerprint density at radius 3 is 2.80 bits per heavy atom. The van der Waals surface area contributed by atoms with Crippen LogP contribution in [0.25, 0.3) is 0 Å². The summed E-state index contributed by atoms with van der Waals surface area (Å²) in [5, 5.41) is 7.91. The Balaban J connectivity index is 2.01. The second-order valence-electron chi connectivity index (χ2n) is 4.51. The number of nitrogens with one attached hydrogen (secondary N) is 1. The molecule has 0 amide bonds. The molecule has 0 aliphatic heterocycles. The van der Waals surface area contributed by atoms with E-state index in [1.807, 2.05) is 11.6 Å². The largest absolute Gasteiger partial charge is 0.307 e. The Hall–Kier alpha value is -0.910. The molecule has 0 saturated heterocycles. The Morgan fingerprint density at radius 2 is 2.15 bits per heavy atom. The number of aromatic nitrogens is 2. The Bertz CT molecular complexity index is 613. The summed E-state index contributed by atoms with van der Waals surface area (Å²) in [6.45, 7) is 6.16. The van der Waals surface area contributed by atoms with Crippen LogP contribution in [0.5, 0.6) is 0 Å². The average Bonchev–Trinajstić information content (AvgIpc) is 2.70. The van der Waals surface area contributed by atoms with Gasteiger partial charge in [-0.05, 0) is 47.5 Å². The quantitative estimate of drug-likeness (QED) is 0.871. The van der Waals surface area contributed by atoms with Gasteiger partial charge < -0.3 is 5.32 Å². The Labute approximate surface area is 131 Å². The molecule has 2 rings (SSSR count). The maximum atomic E-state index is 13.1. The van der Waals surface area contributed by atoms with Gasteiger partial charge in [0.1, 0.15) is 5.82 Å². The number of halogens is 3. The average molecular weight is 361 g/mol. The van der Waals surface area contributed by atoms with Gasteiger partial charge in [-0.3, -0.25) is 4.68 Å². The number of hydrogen-bond acceptors (Lipinski definition) is 2. The zero-order valence-corrected chi connectivity index (χ0v) is 13.7. The van der Waals surface area contributed by atoms with Crippen LogP contribution < -0.4 is 5.32 Å². The molecule has 0 unspecified atom stereocenters. The molecule has 0 fully saturated rings. The monoisotopic (exact) mass is 359 g/mol. The molecule has 0 bridgehead atoms. The van der Waals surface area contributed by atoms with Crippen LogP contribution in [0.3, 0.4) is 0 Å². The van der Waals surface area contributed by atoms with Crippen LogP contribution in [0.15, 0.2) is 22.7 Å². The van der Waals surface area contributed by atoms with Crippen molar-refractivity contribution in [1.82, 2.24) is 15.1 Å². The predicted octanol–water partition coefficient (Wildman–Crippen LogP) is 4.06. The van der Waals surface area contributed by atoms with E-state index in [2.05, 4.69) is 33.3 Å². The molecule has 3 nitrogen and oxygen atoms in total. The van der Waals surface area contributed by atoms with Gasteiger partial charge in [-0.25, -0.2) is 4.39 Å². The fourth-order valence-corrected chi connectivity index (χ4v) is 2.64. The molecule has 1 aromatic carbocycles. The third kappa shape index (κ3) is 3.40. The maximum absolute atomic E-state index is 13.1. The number of aryl methyl sites for hydroxylation is 2. The topological polar surface area (TPSA) is 29.9 Å². The lowest BCUT2D eigenvalue weighted by Crippen LogP contribution is -2.16. The molecule has 0 aliphatic rings. The molecule has 0 spiro atoms. The van der Waals surface area contributed by atoms with Gasteiger partial charge in [-0.15, -0.1) is 0 Å². The summed E-state index contributed by atoms with van der Waals surface area (Å²) in [5.74, 6) is -0.391. The highest BCUT2D eigenvalue weighted by Crippen LogP contribution is 2.21. The SMILES string of the molecule is CCn1nc(C)c(Br)c1CNCc1ccc(F)c(Cl)c1. The van der Waals surface area contributed by atoms with Gasteiger partial charge in [0.05, 0.1) is 20.9 Å². The van der Waals surface area contributed by atoms with E-state index >= 15 is 0 Å². The van der Waals surface area contributed by atoms with Crippen LogP contribution in [0.1, 0.15) is 23.9 Å². The summed E-state index contributed by atoms with van der Waals surface area (Å²) in [6, 6.07) is 4.75. The van der Waals surface area contributed by atoms with Crippen molar-refractivity contribution in [2.45, 2.75) is 33.5 Å². The van der Waals surface area contributed by atoms with Gasteiger partial charge in [0.15, 0.2) is 0 Å². The molecule has 0 aliphatic carbocycles. The van der Waals surface area contributed by atoms with Crippen molar-refractivity contribution in [3.63, 3.8) is 0 Å². The molecule has 1 N–H and O–H groups in total. The fourth-order valence-electron chi connectivity index (χ4n) is 2.01. The minimum atomic E-state index is -0.391. The first-order valence-corrected chi connectivity index (χ1v) is 7.56. The number of hydrogen-bond donors (Lipinski definition) is 1. The minimum absolute atomic E-state index is 0.153. The molecule has 1 heterocycles. The molecule has 6 heteroatoms. The smallest absolute Gasteiger partial charge is 0.141 e. The molecule has 2 aromatic rings. The van der Waals surface area contributed by atoms with Crippen molar-refractivity contribution in [1.29, 1.82) is 0 Å². The van der Waals surface area contributed by atoms with Crippen LogP contribution in [-0.2, 0) is 19.6 Å². The highest BCUT2D eigenvalue weighted by atomic mass is 79.9. The molecule has 1 aromatic heterocycles. The highest BCUT2D eigenvalue weighted by Gasteiger charge is 2.11. The zero-order valence-electron chi connectivity index (χ0n) is 11.4.